The second kappa shape index (κ2) is 6.95. The second-order valence-electron chi connectivity index (χ2n) is 5.40. The van der Waals surface area contributed by atoms with Crippen LogP contribution in [0.5, 0.6) is 0 Å². The minimum Gasteiger partial charge on any atom is -0.292 e. The van der Waals surface area contributed by atoms with Crippen molar-refractivity contribution >= 4 is 17.5 Å². The summed E-state index contributed by atoms with van der Waals surface area (Å²) in [4.78, 5) is 16.2. The smallest absolute Gasteiger partial charge is 0.194 e. The summed E-state index contributed by atoms with van der Waals surface area (Å²) >= 11 is 1.61. The minimum atomic E-state index is 0.103. The number of benzene rings is 2. The zero-order chi connectivity index (χ0) is 15.4. The maximum absolute atomic E-state index is 12.8. The largest absolute Gasteiger partial charge is 0.292 e. The molecular weight excluding hydrogens is 290 g/mol. The van der Waals surface area contributed by atoms with E-state index in [4.69, 9.17) is 0 Å². The van der Waals surface area contributed by atoms with Gasteiger partial charge in [0, 0.05) is 35.7 Å². The van der Waals surface area contributed by atoms with Crippen molar-refractivity contribution < 1.29 is 4.79 Å². The van der Waals surface area contributed by atoms with Gasteiger partial charge in [-0.25, -0.2) is 0 Å². The highest BCUT2D eigenvalue weighted by Gasteiger charge is 2.14. The summed E-state index contributed by atoms with van der Waals surface area (Å²) in [6.45, 7) is 2.87. The zero-order valence-electron chi connectivity index (χ0n) is 12.7. The van der Waals surface area contributed by atoms with E-state index in [1.807, 2.05) is 48.7 Å². The monoisotopic (exact) mass is 309 g/mol. The van der Waals surface area contributed by atoms with Crippen LogP contribution in [0.1, 0.15) is 21.5 Å². The van der Waals surface area contributed by atoms with Gasteiger partial charge in [-0.05, 0) is 30.0 Å². The molecule has 0 N–H and O–H groups in total. The molecule has 0 spiro atoms. The number of carbonyl (C=O) groups excluding carboxylic acids is 1. The molecule has 0 bridgehead atoms. The molecule has 0 fully saturated rings. The highest BCUT2D eigenvalue weighted by molar-refractivity contribution is 7.98. The fraction of sp³-hybridized carbons (Fsp3) is 0.211. The van der Waals surface area contributed by atoms with Crippen molar-refractivity contribution in [1.82, 2.24) is 4.90 Å². The van der Waals surface area contributed by atoms with Crippen molar-refractivity contribution in [3.63, 3.8) is 0 Å². The summed E-state index contributed by atoms with van der Waals surface area (Å²) < 4.78 is 0. The lowest BCUT2D eigenvalue weighted by molar-refractivity contribution is 0.103. The Morgan fingerprint density at radius 3 is 2.64 bits per heavy atom. The summed E-state index contributed by atoms with van der Waals surface area (Å²) in [5, 5.41) is 0. The quantitative estimate of drug-likeness (QED) is 0.473. The van der Waals surface area contributed by atoms with Gasteiger partial charge in [0.25, 0.3) is 0 Å². The van der Waals surface area contributed by atoms with Crippen LogP contribution < -0.4 is 0 Å². The minimum absolute atomic E-state index is 0.103. The van der Waals surface area contributed by atoms with Gasteiger partial charge in [0.05, 0.1) is 0 Å². The van der Waals surface area contributed by atoms with E-state index in [0.717, 1.165) is 35.7 Å². The Bertz CT molecular complexity index is 700. The van der Waals surface area contributed by atoms with Crippen LogP contribution in [0, 0.1) is 0 Å². The molecule has 22 heavy (non-hydrogen) atoms. The lowest BCUT2D eigenvalue weighted by Gasteiger charge is -2.15. The predicted molar refractivity (Wildman–Crippen MR) is 92.5 cm³/mol. The van der Waals surface area contributed by atoms with Gasteiger partial charge < -0.3 is 0 Å². The number of carbonyl (C=O) groups is 1. The molecule has 0 amide bonds. The Morgan fingerprint density at radius 1 is 1.09 bits per heavy atom. The van der Waals surface area contributed by atoms with Crippen LogP contribution in [0.4, 0.5) is 0 Å². The summed E-state index contributed by atoms with van der Waals surface area (Å²) in [6.07, 6.45) is 6.37. The number of nitrogens with zero attached hydrogens (tertiary/aromatic N) is 1. The molecule has 2 nitrogen and oxygen atoms in total. The molecule has 3 rings (SSSR count). The highest BCUT2D eigenvalue weighted by atomic mass is 32.2. The Kier molecular flexibility index (Phi) is 4.76. The fourth-order valence-electron chi connectivity index (χ4n) is 2.71. The van der Waals surface area contributed by atoms with E-state index in [0.29, 0.717) is 0 Å². The molecule has 2 aromatic rings. The molecular formula is C19H19NOS. The van der Waals surface area contributed by atoms with E-state index in [2.05, 4.69) is 23.1 Å². The molecule has 2 aromatic carbocycles. The highest BCUT2D eigenvalue weighted by Crippen LogP contribution is 2.23. The molecule has 0 aliphatic carbocycles. The van der Waals surface area contributed by atoms with Crippen molar-refractivity contribution in [2.24, 2.45) is 0 Å². The third-order valence-corrected chi connectivity index (χ3v) is 4.64. The van der Waals surface area contributed by atoms with E-state index in [9.17, 15) is 4.79 Å². The first-order chi connectivity index (χ1) is 10.8. The first kappa shape index (κ1) is 15.1. The Morgan fingerprint density at radius 2 is 1.86 bits per heavy atom. The maximum Gasteiger partial charge on any atom is 0.194 e. The van der Waals surface area contributed by atoms with Crippen LogP contribution in [0.15, 0.2) is 65.6 Å². The van der Waals surface area contributed by atoms with E-state index in [-0.39, 0.29) is 5.78 Å². The van der Waals surface area contributed by atoms with Gasteiger partial charge in [0.2, 0.25) is 0 Å². The fourth-order valence-corrected chi connectivity index (χ4v) is 3.30. The van der Waals surface area contributed by atoms with Crippen molar-refractivity contribution in [2.75, 3.05) is 19.3 Å². The third kappa shape index (κ3) is 3.32. The topological polar surface area (TPSA) is 20.3 Å². The first-order valence-corrected chi connectivity index (χ1v) is 8.64. The molecule has 3 heteroatoms. The van der Waals surface area contributed by atoms with Crippen LogP contribution in [0.3, 0.4) is 0 Å². The van der Waals surface area contributed by atoms with Crippen molar-refractivity contribution in [3.8, 4) is 0 Å². The summed E-state index contributed by atoms with van der Waals surface area (Å²) in [5.74, 6) is 0.103. The molecule has 0 radical (unpaired) electrons. The number of hydrogen-bond donors (Lipinski definition) is 0. The van der Waals surface area contributed by atoms with Crippen LogP contribution in [0.25, 0.3) is 0 Å². The summed E-state index contributed by atoms with van der Waals surface area (Å²) in [5.41, 5.74) is 2.75. The van der Waals surface area contributed by atoms with Crippen molar-refractivity contribution in [2.45, 2.75) is 11.4 Å². The van der Waals surface area contributed by atoms with Gasteiger partial charge in [-0.1, -0.05) is 42.5 Å². The van der Waals surface area contributed by atoms with Crippen LogP contribution >= 0.6 is 11.8 Å². The van der Waals surface area contributed by atoms with Gasteiger partial charge in [0.1, 0.15) is 0 Å². The van der Waals surface area contributed by atoms with Crippen molar-refractivity contribution in [3.05, 3.63) is 77.4 Å². The third-order valence-electron chi connectivity index (χ3n) is 3.84. The van der Waals surface area contributed by atoms with Gasteiger partial charge in [0.15, 0.2) is 5.78 Å². The summed E-state index contributed by atoms with van der Waals surface area (Å²) in [6, 6.07) is 15.8. The first-order valence-electron chi connectivity index (χ1n) is 7.42. The van der Waals surface area contributed by atoms with Crippen LogP contribution in [-0.4, -0.2) is 30.0 Å². The zero-order valence-corrected chi connectivity index (χ0v) is 13.5. The van der Waals surface area contributed by atoms with E-state index < -0.39 is 0 Å². The molecule has 0 atom stereocenters. The van der Waals surface area contributed by atoms with E-state index in [1.54, 1.807) is 11.8 Å². The van der Waals surface area contributed by atoms with Crippen molar-refractivity contribution in [1.29, 1.82) is 0 Å². The van der Waals surface area contributed by atoms with E-state index >= 15 is 0 Å². The molecule has 112 valence electrons. The molecule has 1 heterocycles. The Hall–Kier alpha value is -1.84. The van der Waals surface area contributed by atoms with Gasteiger partial charge >= 0.3 is 0 Å². The molecule has 1 aliphatic rings. The Labute approximate surface area is 135 Å². The van der Waals surface area contributed by atoms with Gasteiger partial charge in [-0.3, -0.25) is 9.69 Å². The SMILES string of the molecule is CSc1ccccc1C(=O)c1cccc(CN2CC=CC2)c1. The number of ketones is 1. The second-order valence-corrected chi connectivity index (χ2v) is 6.24. The lowest BCUT2D eigenvalue weighted by atomic mass is 10.0. The normalized spacial score (nSPS) is 14.4. The van der Waals surface area contributed by atoms with E-state index in [1.165, 1.54) is 5.56 Å². The van der Waals surface area contributed by atoms with Crippen LogP contribution in [0.2, 0.25) is 0 Å². The maximum atomic E-state index is 12.8. The Balaban J connectivity index is 1.83. The van der Waals surface area contributed by atoms with Gasteiger partial charge in [-0.15, -0.1) is 11.8 Å². The van der Waals surface area contributed by atoms with Gasteiger partial charge in [-0.2, -0.15) is 0 Å². The number of thioether (sulfide) groups is 1. The predicted octanol–water partition coefficient (Wildman–Crippen LogP) is 4.01. The average Bonchev–Trinajstić information content (AvgIpc) is 3.07. The van der Waals surface area contributed by atoms with Crippen LogP contribution in [-0.2, 0) is 6.54 Å². The molecule has 0 saturated carbocycles. The lowest BCUT2D eigenvalue weighted by Crippen LogP contribution is -2.19. The molecule has 1 aliphatic heterocycles. The molecule has 0 saturated heterocycles. The average molecular weight is 309 g/mol. The standard InChI is InChI=1S/C19H19NOS/c1-22-18-10-3-2-9-17(18)19(21)16-8-6-7-15(13-16)14-20-11-4-5-12-20/h2-10,13H,11-12,14H2,1H3. The number of rotatable bonds is 5. The molecule has 0 aromatic heterocycles. The summed E-state index contributed by atoms with van der Waals surface area (Å²) in [7, 11) is 0. The number of hydrogen-bond acceptors (Lipinski definition) is 3. The molecule has 0 unspecified atom stereocenters.